The van der Waals surface area contributed by atoms with Crippen LogP contribution in [0, 0.1) is 0 Å². The van der Waals surface area contributed by atoms with Crippen LogP contribution in [-0.4, -0.2) is 29.5 Å². The number of carbonyl (C=O) groups excluding carboxylic acids is 2. The van der Waals surface area contributed by atoms with Crippen LogP contribution >= 0.6 is 0 Å². The number of hydrogen-bond acceptors (Lipinski definition) is 5. The molecule has 3 aromatic rings. The van der Waals surface area contributed by atoms with Crippen LogP contribution in [0.3, 0.4) is 0 Å². The number of hydrogen-bond donors (Lipinski definition) is 1. The third kappa shape index (κ3) is 4.42. The van der Waals surface area contributed by atoms with Gasteiger partial charge in [0, 0.05) is 34.8 Å². The van der Waals surface area contributed by atoms with E-state index in [-0.39, 0.29) is 23.7 Å². The zero-order valence-corrected chi connectivity index (χ0v) is 19.1. The van der Waals surface area contributed by atoms with Crippen LogP contribution in [0.2, 0.25) is 0 Å². The van der Waals surface area contributed by atoms with Crippen LogP contribution in [-0.2, 0) is 5.54 Å². The van der Waals surface area contributed by atoms with Crippen LogP contribution < -0.4 is 10.1 Å². The average molecular weight is 442 g/mol. The zero-order valence-electron chi connectivity index (χ0n) is 19.1. The lowest BCUT2D eigenvalue weighted by molar-refractivity contribution is 0.0996. The molecule has 1 N–H and O–H groups in total. The highest BCUT2D eigenvalue weighted by Crippen LogP contribution is 2.43. The number of amides is 1. The van der Waals surface area contributed by atoms with Crippen molar-refractivity contribution in [3.63, 3.8) is 0 Å². The molecule has 4 rings (SSSR count). The molecule has 1 aromatic heterocycles. The number of ketones is 1. The normalized spacial score (nSPS) is 13.7. The summed E-state index contributed by atoms with van der Waals surface area (Å²) in [5.74, 6) is 0.446. The smallest absolute Gasteiger partial charge is 0.255 e. The van der Waals surface area contributed by atoms with Crippen LogP contribution in [0.25, 0.3) is 0 Å². The molecular formula is C27H27N3O3. The van der Waals surface area contributed by atoms with Gasteiger partial charge in [-0.15, -0.1) is 0 Å². The van der Waals surface area contributed by atoms with Crippen LogP contribution in [0.5, 0.6) is 5.75 Å². The molecule has 168 valence electrons. The SMILES string of the molecule is CCC1(CC)N=C(CC(=O)c2cccc(NC(=O)c3ccncc3)c2)c2cc(OC)ccc21. The van der Waals surface area contributed by atoms with Gasteiger partial charge in [-0.05, 0) is 54.8 Å². The predicted molar refractivity (Wildman–Crippen MR) is 129 cm³/mol. The first-order valence-corrected chi connectivity index (χ1v) is 11.1. The molecule has 0 aliphatic carbocycles. The van der Waals surface area contributed by atoms with Crippen molar-refractivity contribution in [3.05, 3.63) is 89.2 Å². The molecule has 0 spiro atoms. The Morgan fingerprint density at radius 1 is 0.970 bits per heavy atom. The molecular weight excluding hydrogens is 414 g/mol. The molecule has 0 radical (unpaired) electrons. The maximum Gasteiger partial charge on any atom is 0.255 e. The first-order valence-electron chi connectivity index (χ1n) is 11.1. The molecule has 33 heavy (non-hydrogen) atoms. The van der Waals surface area contributed by atoms with Gasteiger partial charge in [0.05, 0.1) is 24.8 Å². The minimum Gasteiger partial charge on any atom is -0.497 e. The Hall–Kier alpha value is -3.80. The molecule has 0 saturated heterocycles. The average Bonchev–Trinajstić information content (AvgIpc) is 3.17. The number of pyridine rings is 1. The number of rotatable bonds is 8. The summed E-state index contributed by atoms with van der Waals surface area (Å²) >= 11 is 0. The van der Waals surface area contributed by atoms with Crippen LogP contribution in [0.1, 0.15) is 65.0 Å². The maximum absolute atomic E-state index is 13.2. The number of aliphatic imine (C=N–C) groups is 1. The maximum atomic E-state index is 13.2. The number of methoxy groups -OCH3 is 1. The summed E-state index contributed by atoms with van der Waals surface area (Å²) in [6, 6.07) is 16.3. The molecule has 6 nitrogen and oxygen atoms in total. The van der Waals surface area contributed by atoms with Gasteiger partial charge < -0.3 is 10.1 Å². The molecule has 6 heteroatoms. The fourth-order valence-electron chi connectivity index (χ4n) is 4.33. The number of carbonyl (C=O) groups is 2. The second kappa shape index (κ2) is 9.36. The van der Waals surface area contributed by atoms with E-state index in [1.165, 1.54) is 0 Å². The third-order valence-electron chi connectivity index (χ3n) is 6.27. The summed E-state index contributed by atoms with van der Waals surface area (Å²) < 4.78 is 5.42. The fourth-order valence-corrected chi connectivity index (χ4v) is 4.33. The number of benzene rings is 2. The summed E-state index contributed by atoms with van der Waals surface area (Å²) in [6.45, 7) is 4.25. The van der Waals surface area contributed by atoms with E-state index in [1.54, 1.807) is 55.9 Å². The Morgan fingerprint density at radius 2 is 1.73 bits per heavy atom. The standard InChI is InChI=1S/C27H27N3O3/c1-4-27(5-2)23-10-9-21(33-3)16-22(23)24(30-27)17-25(31)19-7-6-8-20(15-19)29-26(32)18-11-13-28-14-12-18/h6-16H,4-5,17H2,1-3H3,(H,29,32). The molecule has 2 aromatic carbocycles. The number of anilines is 1. The Bertz CT molecular complexity index is 1210. The number of nitrogens with zero attached hydrogens (tertiary/aromatic N) is 2. The van der Waals surface area contributed by atoms with Gasteiger partial charge in [0.25, 0.3) is 5.91 Å². The minimum atomic E-state index is -0.308. The molecule has 0 bridgehead atoms. The second-order valence-corrected chi connectivity index (χ2v) is 8.08. The van der Waals surface area contributed by atoms with E-state index in [9.17, 15) is 9.59 Å². The monoisotopic (exact) mass is 441 g/mol. The van der Waals surface area contributed by atoms with Gasteiger partial charge >= 0.3 is 0 Å². The predicted octanol–water partition coefficient (Wildman–Crippen LogP) is 5.43. The van der Waals surface area contributed by atoms with E-state index >= 15 is 0 Å². The zero-order chi connectivity index (χ0) is 23.4. The van der Waals surface area contributed by atoms with Gasteiger partial charge in [-0.25, -0.2) is 0 Å². The highest BCUT2D eigenvalue weighted by Gasteiger charge is 2.37. The topological polar surface area (TPSA) is 80.7 Å². The highest BCUT2D eigenvalue weighted by atomic mass is 16.5. The van der Waals surface area contributed by atoms with Crippen molar-refractivity contribution in [2.24, 2.45) is 4.99 Å². The van der Waals surface area contributed by atoms with Gasteiger partial charge in [0.2, 0.25) is 0 Å². The Kier molecular flexibility index (Phi) is 6.36. The van der Waals surface area contributed by atoms with Crippen molar-refractivity contribution in [2.75, 3.05) is 12.4 Å². The van der Waals surface area contributed by atoms with Gasteiger partial charge in [-0.1, -0.05) is 32.0 Å². The van der Waals surface area contributed by atoms with Gasteiger partial charge in [-0.3, -0.25) is 19.6 Å². The van der Waals surface area contributed by atoms with Crippen molar-refractivity contribution >= 4 is 23.1 Å². The Labute approximate surface area is 193 Å². The lowest BCUT2D eigenvalue weighted by Gasteiger charge is -2.24. The number of fused-ring (bicyclic) bond motifs is 1. The Balaban J connectivity index is 1.57. The van der Waals surface area contributed by atoms with Crippen molar-refractivity contribution in [2.45, 2.75) is 38.6 Å². The fraction of sp³-hybridized carbons (Fsp3) is 0.259. The lowest BCUT2D eigenvalue weighted by atomic mass is 9.84. The van der Waals surface area contributed by atoms with Crippen molar-refractivity contribution in [3.8, 4) is 5.75 Å². The first-order chi connectivity index (χ1) is 16.0. The van der Waals surface area contributed by atoms with Crippen LogP contribution in [0.15, 0.2) is 72.0 Å². The summed E-state index contributed by atoms with van der Waals surface area (Å²) in [5, 5.41) is 2.84. The second-order valence-electron chi connectivity index (χ2n) is 8.08. The molecule has 0 atom stereocenters. The number of nitrogens with one attached hydrogen (secondary N) is 1. The van der Waals surface area contributed by atoms with E-state index in [0.29, 0.717) is 16.8 Å². The van der Waals surface area contributed by atoms with E-state index in [1.807, 2.05) is 12.1 Å². The number of aromatic nitrogens is 1. The first kappa shape index (κ1) is 22.4. The van der Waals surface area contributed by atoms with Gasteiger partial charge in [-0.2, -0.15) is 0 Å². The molecule has 2 heterocycles. The molecule has 0 fully saturated rings. The van der Waals surface area contributed by atoms with E-state index in [4.69, 9.17) is 9.73 Å². The largest absolute Gasteiger partial charge is 0.497 e. The lowest BCUT2D eigenvalue weighted by Crippen LogP contribution is -2.19. The molecule has 1 amide bonds. The molecule has 0 unspecified atom stereocenters. The third-order valence-corrected chi connectivity index (χ3v) is 6.27. The van der Waals surface area contributed by atoms with E-state index in [0.717, 1.165) is 35.4 Å². The van der Waals surface area contributed by atoms with Crippen molar-refractivity contribution in [1.82, 2.24) is 4.98 Å². The minimum absolute atomic E-state index is 0.0504. The van der Waals surface area contributed by atoms with Gasteiger partial charge in [0.1, 0.15) is 5.75 Å². The number of ether oxygens (including phenoxy) is 1. The molecule has 1 aliphatic rings. The van der Waals surface area contributed by atoms with Crippen molar-refractivity contribution in [1.29, 1.82) is 0 Å². The Morgan fingerprint density at radius 3 is 2.42 bits per heavy atom. The highest BCUT2D eigenvalue weighted by molar-refractivity contribution is 6.18. The van der Waals surface area contributed by atoms with Gasteiger partial charge in [0.15, 0.2) is 5.78 Å². The molecule has 1 aliphatic heterocycles. The quantitative estimate of drug-likeness (QED) is 0.473. The van der Waals surface area contributed by atoms with Crippen molar-refractivity contribution < 1.29 is 14.3 Å². The van der Waals surface area contributed by atoms with E-state index in [2.05, 4.69) is 30.2 Å². The number of Topliss-reactive ketones (excluding diaryl/α,β-unsaturated/α-hetero) is 1. The molecule has 0 saturated carbocycles. The summed E-state index contributed by atoms with van der Waals surface area (Å²) in [4.78, 5) is 34.6. The summed E-state index contributed by atoms with van der Waals surface area (Å²) in [7, 11) is 1.64. The summed E-state index contributed by atoms with van der Waals surface area (Å²) in [6.07, 6.45) is 5.03. The van der Waals surface area contributed by atoms with Crippen LogP contribution in [0.4, 0.5) is 5.69 Å². The summed E-state index contributed by atoms with van der Waals surface area (Å²) in [5.41, 5.74) is 4.20. The van der Waals surface area contributed by atoms with E-state index < -0.39 is 0 Å².